The number of rotatable bonds is 5. The topological polar surface area (TPSA) is 70.7 Å². The van der Waals surface area contributed by atoms with Crippen LogP contribution < -0.4 is 5.63 Å². The highest BCUT2D eigenvalue weighted by molar-refractivity contribution is 5.48. The van der Waals surface area contributed by atoms with E-state index in [2.05, 4.69) is 0 Å². The minimum Gasteiger partial charge on any atom is -0.507 e. The van der Waals surface area contributed by atoms with Gasteiger partial charge in [-0.15, -0.1) is 0 Å². The minimum atomic E-state index is -0.478. The van der Waals surface area contributed by atoms with Gasteiger partial charge in [-0.25, -0.2) is 4.79 Å². The largest absolute Gasteiger partial charge is 0.507 e. The predicted molar refractivity (Wildman–Crippen MR) is 111 cm³/mol. The van der Waals surface area contributed by atoms with E-state index in [-0.39, 0.29) is 17.6 Å². The first-order valence-electron chi connectivity index (χ1n) is 11.3. The van der Waals surface area contributed by atoms with E-state index in [4.69, 9.17) is 4.42 Å². The van der Waals surface area contributed by atoms with E-state index in [1.807, 2.05) is 30.3 Å². The molecule has 2 N–H and O–H groups in total. The molecule has 3 unspecified atom stereocenters. The van der Waals surface area contributed by atoms with Gasteiger partial charge in [0.2, 0.25) is 0 Å². The van der Waals surface area contributed by atoms with Gasteiger partial charge in [0.15, 0.2) is 0 Å². The van der Waals surface area contributed by atoms with Crippen molar-refractivity contribution in [1.82, 2.24) is 0 Å². The van der Waals surface area contributed by atoms with Crippen LogP contribution in [0.5, 0.6) is 5.75 Å². The molecule has 2 fully saturated rings. The van der Waals surface area contributed by atoms with E-state index in [9.17, 15) is 15.0 Å². The smallest absolute Gasteiger partial charge is 0.343 e. The Morgan fingerprint density at radius 2 is 1.66 bits per heavy atom. The van der Waals surface area contributed by atoms with Crippen LogP contribution in [0.1, 0.15) is 85.7 Å². The molecule has 0 bridgehead atoms. The van der Waals surface area contributed by atoms with E-state index in [0.29, 0.717) is 29.6 Å². The lowest BCUT2D eigenvalue weighted by Crippen LogP contribution is -2.26. The molecule has 0 amide bonds. The Bertz CT molecular complexity index is 924. The molecule has 2 saturated carbocycles. The molecule has 4 heteroatoms. The highest BCUT2D eigenvalue weighted by Gasteiger charge is 2.42. The molecule has 0 spiro atoms. The Labute approximate surface area is 171 Å². The third-order valence-electron chi connectivity index (χ3n) is 7.12. The monoisotopic (exact) mass is 394 g/mol. The van der Waals surface area contributed by atoms with Crippen LogP contribution in [0.4, 0.5) is 0 Å². The van der Waals surface area contributed by atoms with Gasteiger partial charge in [-0.3, -0.25) is 0 Å². The minimum absolute atomic E-state index is 0.116. The molecule has 3 aliphatic carbocycles. The molecule has 1 aromatic carbocycles. The number of hydrogen-bond acceptors (Lipinski definition) is 4. The average Bonchev–Trinajstić information content (AvgIpc) is 3.61. The van der Waals surface area contributed by atoms with Crippen LogP contribution >= 0.6 is 0 Å². The normalized spacial score (nSPS) is 24.2. The molecule has 154 valence electrons. The number of fused-ring (bicyclic) bond motifs is 1. The van der Waals surface area contributed by atoms with E-state index >= 15 is 0 Å². The summed E-state index contributed by atoms with van der Waals surface area (Å²) < 4.78 is 5.96. The lowest BCUT2D eigenvalue weighted by molar-refractivity contribution is 0.102. The third-order valence-corrected chi connectivity index (χ3v) is 7.12. The molecule has 0 aliphatic heterocycles. The van der Waals surface area contributed by atoms with Gasteiger partial charge in [0.25, 0.3) is 0 Å². The van der Waals surface area contributed by atoms with Crippen molar-refractivity contribution in [2.75, 3.05) is 0 Å². The molecule has 4 nitrogen and oxygen atoms in total. The van der Waals surface area contributed by atoms with Crippen molar-refractivity contribution in [3.8, 4) is 5.75 Å². The zero-order chi connectivity index (χ0) is 20.0. The average molecular weight is 395 g/mol. The van der Waals surface area contributed by atoms with E-state index in [1.165, 1.54) is 0 Å². The number of aliphatic hydroxyl groups excluding tert-OH is 1. The molecule has 1 heterocycles. The number of hydrogen-bond donors (Lipinski definition) is 2. The maximum atomic E-state index is 13.2. The molecule has 3 aliphatic rings. The Morgan fingerprint density at radius 1 is 0.931 bits per heavy atom. The summed E-state index contributed by atoms with van der Waals surface area (Å²) in [6.07, 6.45) is 8.33. The maximum absolute atomic E-state index is 13.2. The van der Waals surface area contributed by atoms with Crippen molar-refractivity contribution in [3.63, 3.8) is 0 Å². The Morgan fingerprint density at radius 3 is 2.34 bits per heavy atom. The summed E-state index contributed by atoms with van der Waals surface area (Å²) >= 11 is 0. The maximum Gasteiger partial charge on any atom is 0.343 e. The van der Waals surface area contributed by atoms with Crippen molar-refractivity contribution in [1.29, 1.82) is 0 Å². The zero-order valence-electron chi connectivity index (χ0n) is 16.8. The van der Waals surface area contributed by atoms with Gasteiger partial charge in [-0.1, -0.05) is 43.2 Å². The van der Waals surface area contributed by atoms with Crippen molar-refractivity contribution in [3.05, 3.63) is 63.2 Å². The SMILES string of the molecule is O=c1oc2c(c(O)c1C(c1ccccc1)C1CC1)CCCCCC2C(O)C1CC1. The fourth-order valence-corrected chi connectivity index (χ4v) is 5.24. The van der Waals surface area contributed by atoms with Gasteiger partial charge in [0.05, 0.1) is 11.7 Å². The molecule has 1 aromatic heterocycles. The summed E-state index contributed by atoms with van der Waals surface area (Å²) in [5, 5.41) is 22.2. The van der Waals surface area contributed by atoms with Gasteiger partial charge in [0, 0.05) is 17.4 Å². The standard InChI is InChI=1S/C25H30O4/c26-22(17-13-14-17)18-9-5-2-6-10-19-23(27)21(25(28)29-24(18)19)20(16-11-12-16)15-7-3-1-4-8-15/h1,3-4,7-8,16-18,20,22,26-27H,2,5-6,9-14H2. The lowest BCUT2D eigenvalue weighted by atomic mass is 9.81. The summed E-state index contributed by atoms with van der Waals surface area (Å²) in [5.41, 5.74) is 1.84. The molecular weight excluding hydrogens is 364 g/mol. The Balaban J connectivity index is 1.63. The molecule has 29 heavy (non-hydrogen) atoms. The second-order valence-electron chi connectivity index (χ2n) is 9.25. The summed E-state index contributed by atoms with van der Waals surface area (Å²) in [6.45, 7) is 0. The van der Waals surface area contributed by atoms with E-state index in [1.54, 1.807) is 0 Å². The van der Waals surface area contributed by atoms with Crippen LogP contribution in [-0.4, -0.2) is 16.3 Å². The van der Waals surface area contributed by atoms with E-state index in [0.717, 1.165) is 62.5 Å². The summed E-state index contributed by atoms with van der Waals surface area (Å²) in [6, 6.07) is 10.0. The number of aromatic hydroxyl groups is 1. The third kappa shape index (κ3) is 3.63. The predicted octanol–water partition coefficient (Wildman–Crippen LogP) is 4.86. The Hall–Kier alpha value is -2.07. The fraction of sp³-hybridized carbons (Fsp3) is 0.560. The second-order valence-corrected chi connectivity index (χ2v) is 9.25. The Kier molecular flexibility index (Phi) is 4.99. The molecule has 0 saturated heterocycles. The highest BCUT2D eigenvalue weighted by atomic mass is 16.4. The number of aliphatic hydroxyl groups is 1. The van der Waals surface area contributed by atoms with E-state index < -0.39 is 11.7 Å². The second kappa shape index (κ2) is 7.64. The van der Waals surface area contributed by atoms with Gasteiger partial charge < -0.3 is 14.6 Å². The molecular formula is C25H30O4. The van der Waals surface area contributed by atoms with Crippen LogP contribution in [0, 0.1) is 11.8 Å². The first-order valence-corrected chi connectivity index (χ1v) is 11.3. The first-order chi connectivity index (χ1) is 14.1. The summed E-state index contributed by atoms with van der Waals surface area (Å²) in [4.78, 5) is 13.2. The summed E-state index contributed by atoms with van der Waals surface area (Å²) in [7, 11) is 0. The number of benzene rings is 1. The van der Waals surface area contributed by atoms with Crippen molar-refractivity contribution >= 4 is 0 Å². The van der Waals surface area contributed by atoms with Crippen LogP contribution in [0.3, 0.4) is 0 Å². The van der Waals surface area contributed by atoms with Crippen LogP contribution in [0.25, 0.3) is 0 Å². The fourth-order valence-electron chi connectivity index (χ4n) is 5.24. The summed E-state index contributed by atoms with van der Waals surface area (Å²) in [5.74, 6) is 1.08. The first kappa shape index (κ1) is 18.9. The van der Waals surface area contributed by atoms with Gasteiger partial charge in [-0.2, -0.15) is 0 Å². The van der Waals surface area contributed by atoms with Crippen molar-refractivity contribution < 1.29 is 14.6 Å². The molecule has 3 atom stereocenters. The molecule has 5 rings (SSSR count). The van der Waals surface area contributed by atoms with Gasteiger partial charge >= 0.3 is 5.63 Å². The van der Waals surface area contributed by atoms with Crippen LogP contribution in [-0.2, 0) is 6.42 Å². The van der Waals surface area contributed by atoms with Crippen molar-refractivity contribution in [2.24, 2.45) is 11.8 Å². The molecule has 0 radical (unpaired) electrons. The lowest BCUT2D eigenvalue weighted by Gasteiger charge is -2.28. The van der Waals surface area contributed by atoms with Gasteiger partial charge in [-0.05, 0) is 62.3 Å². The molecule has 2 aromatic rings. The van der Waals surface area contributed by atoms with Crippen molar-refractivity contribution in [2.45, 2.75) is 75.7 Å². The van der Waals surface area contributed by atoms with Crippen LogP contribution in [0.15, 0.2) is 39.5 Å². The van der Waals surface area contributed by atoms with Gasteiger partial charge in [0.1, 0.15) is 11.5 Å². The highest BCUT2D eigenvalue weighted by Crippen LogP contribution is 2.50. The quantitative estimate of drug-likeness (QED) is 0.760. The van der Waals surface area contributed by atoms with Crippen LogP contribution in [0.2, 0.25) is 0 Å². The zero-order valence-corrected chi connectivity index (χ0v) is 16.8.